The first-order chi connectivity index (χ1) is 15.6. The van der Waals surface area contributed by atoms with Gasteiger partial charge in [0.1, 0.15) is 0 Å². The van der Waals surface area contributed by atoms with Crippen LogP contribution in [0.1, 0.15) is 54.0 Å². The summed E-state index contributed by atoms with van der Waals surface area (Å²) >= 11 is 0. The Labute approximate surface area is 203 Å². The molecule has 0 spiro atoms. The molecule has 2 aromatic rings. The minimum absolute atomic E-state index is 0.0122. The second-order valence-corrected chi connectivity index (χ2v) is 12.1. The summed E-state index contributed by atoms with van der Waals surface area (Å²) in [6.45, 7) is 13.2. The van der Waals surface area contributed by atoms with E-state index in [1.165, 1.54) is 6.07 Å². The molecule has 3 N–H and O–H groups in total. The van der Waals surface area contributed by atoms with Crippen LogP contribution in [-0.4, -0.2) is 38.3 Å². The first-order valence-electron chi connectivity index (χ1n) is 11.2. The van der Waals surface area contributed by atoms with Crippen molar-refractivity contribution in [3.63, 3.8) is 0 Å². The third-order valence-corrected chi connectivity index (χ3v) is 7.62. The minimum atomic E-state index is -3.96. The Hall–Kier alpha value is -2.40. The van der Waals surface area contributed by atoms with E-state index < -0.39 is 39.9 Å². The van der Waals surface area contributed by atoms with Crippen LogP contribution in [-0.2, 0) is 25.9 Å². The molecule has 0 radical (unpaired) electrons. The molecule has 1 heterocycles. The van der Waals surface area contributed by atoms with E-state index >= 15 is 0 Å². The maximum absolute atomic E-state index is 13.3. The predicted octanol–water partition coefficient (Wildman–Crippen LogP) is 3.38. The molecule has 3 rings (SSSR count). The summed E-state index contributed by atoms with van der Waals surface area (Å²) in [6.07, 6.45) is 0. The normalized spacial score (nSPS) is 17.4. The van der Waals surface area contributed by atoms with E-state index in [0.717, 1.165) is 5.56 Å². The summed E-state index contributed by atoms with van der Waals surface area (Å²) in [5.74, 6) is 0. The number of nitrogens with one attached hydrogen (secondary N) is 3. The first kappa shape index (κ1) is 26.2. The molecular weight excluding hydrogens is 453 g/mol. The van der Waals surface area contributed by atoms with Crippen molar-refractivity contribution < 1.29 is 22.5 Å². The van der Waals surface area contributed by atoms with Crippen LogP contribution in [0.3, 0.4) is 0 Å². The summed E-state index contributed by atoms with van der Waals surface area (Å²) in [7, 11) is -4.83. The van der Waals surface area contributed by atoms with Gasteiger partial charge in [0.15, 0.2) is 0 Å². The maximum atomic E-state index is 13.3. The molecule has 2 aromatic carbocycles. The molecule has 0 aromatic heterocycles. The van der Waals surface area contributed by atoms with Gasteiger partial charge >= 0.3 is 13.1 Å². The quantitative estimate of drug-likeness (QED) is 0.542. The van der Waals surface area contributed by atoms with Gasteiger partial charge in [-0.1, -0.05) is 36.4 Å². The van der Waals surface area contributed by atoms with E-state index in [4.69, 9.17) is 9.31 Å². The highest BCUT2D eigenvalue weighted by Gasteiger charge is 2.53. The fraction of sp³-hybridized carbons (Fsp3) is 0.458. The first-order valence-corrected chi connectivity index (χ1v) is 12.7. The second kappa shape index (κ2) is 9.33. The van der Waals surface area contributed by atoms with Gasteiger partial charge < -0.3 is 19.9 Å². The average molecular weight is 487 g/mol. The smallest absolute Gasteiger partial charge is 0.399 e. The number of rotatable bonds is 6. The van der Waals surface area contributed by atoms with E-state index in [2.05, 4.69) is 15.4 Å². The van der Waals surface area contributed by atoms with E-state index in [1.54, 1.807) is 32.9 Å². The molecule has 1 saturated heterocycles. The van der Waals surface area contributed by atoms with Crippen molar-refractivity contribution in [2.45, 2.75) is 76.6 Å². The molecule has 34 heavy (non-hydrogen) atoms. The highest BCUT2D eigenvalue weighted by atomic mass is 32.2. The number of benzene rings is 2. The zero-order chi connectivity index (χ0) is 25.4. The number of amides is 2. The third kappa shape index (κ3) is 6.18. The Morgan fingerprint density at radius 2 is 1.56 bits per heavy atom. The fourth-order valence-electron chi connectivity index (χ4n) is 3.42. The van der Waals surface area contributed by atoms with E-state index in [0.29, 0.717) is 17.7 Å². The zero-order valence-corrected chi connectivity index (χ0v) is 21.7. The van der Waals surface area contributed by atoms with Crippen LogP contribution in [0.15, 0.2) is 53.4 Å². The number of urea groups is 1. The number of hydrogen-bond acceptors (Lipinski definition) is 5. The van der Waals surface area contributed by atoms with Crippen molar-refractivity contribution in [2.24, 2.45) is 0 Å². The van der Waals surface area contributed by atoms with Gasteiger partial charge in [-0.05, 0) is 66.2 Å². The van der Waals surface area contributed by atoms with E-state index in [1.807, 2.05) is 58.0 Å². The second-order valence-electron chi connectivity index (χ2n) is 10.5. The summed E-state index contributed by atoms with van der Waals surface area (Å²) in [4.78, 5) is 12.4. The lowest BCUT2D eigenvalue weighted by Gasteiger charge is -2.32. The number of anilines is 1. The lowest BCUT2D eigenvalue weighted by molar-refractivity contribution is 0.00578. The lowest BCUT2D eigenvalue weighted by Crippen LogP contribution is -2.45. The Morgan fingerprint density at radius 1 is 0.971 bits per heavy atom. The summed E-state index contributed by atoms with van der Waals surface area (Å²) in [5, 5.41) is 5.48. The van der Waals surface area contributed by atoms with Gasteiger partial charge in [-0.3, -0.25) is 0 Å². The average Bonchev–Trinajstić information content (AvgIpc) is 2.92. The van der Waals surface area contributed by atoms with Crippen LogP contribution < -0.4 is 20.8 Å². The highest BCUT2D eigenvalue weighted by molar-refractivity contribution is 7.89. The lowest BCUT2D eigenvalue weighted by atomic mass is 9.79. The summed E-state index contributed by atoms with van der Waals surface area (Å²) in [6, 6.07) is 13.7. The van der Waals surface area contributed by atoms with Crippen LogP contribution >= 0.6 is 0 Å². The number of hydrogen-bond donors (Lipinski definition) is 3. The van der Waals surface area contributed by atoms with Crippen molar-refractivity contribution >= 4 is 34.3 Å². The van der Waals surface area contributed by atoms with Crippen molar-refractivity contribution in [1.82, 2.24) is 10.0 Å². The Balaban J connectivity index is 1.90. The number of carbonyl (C=O) groups is 1. The van der Waals surface area contributed by atoms with Crippen LogP contribution in [0.5, 0.6) is 0 Å². The third-order valence-electron chi connectivity index (χ3n) is 5.80. The Kier molecular flexibility index (Phi) is 7.20. The van der Waals surface area contributed by atoms with Gasteiger partial charge in [-0.15, -0.1) is 0 Å². The van der Waals surface area contributed by atoms with Gasteiger partial charge in [0.05, 0.1) is 16.1 Å². The monoisotopic (exact) mass is 487 g/mol. The molecule has 10 heteroatoms. The van der Waals surface area contributed by atoms with Gasteiger partial charge in [0.25, 0.3) is 0 Å². The molecule has 1 aliphatic heterocycles. The summed E-state index contributed by atoms with van der Waals surface area (Å²) in [5.41, 5.74) is -0.325. The summed E-state index contributed by atoms with van der Waals surface area (Å²) < 4.78 is 41.6. The molecule has 1 fully saturated rings. The van der Waals surface area contributed by atoms with Crippen molar-refractivity contribution in [3.05, 3.63) is 54.1 Å². The molecule has 2 amide bonds. The van der Waals surface area contributed by atoms with Crippen LogP contribution in [0.4, 0.5) is 10.5 Å². The SMILES string of the molecule is CC(C)(C)NS(=O)(=O)c1cc(NC(=O)NCc2ccccc2)ccc1B1OC(C)(C)C(C)(C)O1. The maximum Gasteiger partial charge on any atom is 0.496 e. The van der Waals surface area contributed by atoms with E-state index in [9.17, 15) is 13.2 Å². The molecule has 0 saturated carbocycles. The van der Waals surface area contributed by atoms with E-state index in [-0.39, 0.29) is 4.90 Å². The molecule has 184 valence electrons. The van der Waals surface area contributed by atoms with Crippen molar-refractivity contribution in [2.75, 3.05) is 5.32 Å². The van der Waals surface area contributed by atoms with Gasteiger partial charge in [0, 0.05) is 23.2 Å². The van der Waals surface area contributed by atoms with Gasteiger partial charge in [-0.2, -0.15) is 0 Å². The molecular formula is C24H34BN3O5S. The van der Waals surface area contributed by atoms with Gasteiger partial charge in [0.2, 0.25) is 10.0 Å². The molecule has 0 aliphatic carbocycles. The topological polar surface area (TPSA) is 106 Å². The molecule has 0 unspecified atom stereocenters. The van der Waals surface area contributed by atoms with Crippen LogP contribution in [0.25, 0.3) is 0 Å². The molecule has 0 bridgehead atoms. The standard InChI is InChI=1S/C24H34BN3O5S/c1-22(2,3)28-34(30,31)20-15-18(27-21(29)26-16-17-11-9-8-10-12-17)13-14-19(20)25-32-23(4,5)24(6,7)33-25/h8-15,28H,16H2,1-7H3,(H2,26,27,29). The largest absolute Gasteiger partial charge is 0.496 e. The molecule has 1 aliphatic rings. The van der Waals surface area contributed by atoms with Crippen molar-refractivity contribution in [3.8, 4) is 0 Å². The molecule has 8 nitrogen and oxygen atoms in total. The Morgan fingerprint density at radius 3 is 2.12 bits per heavy atom. The minimum Gasteiger partial charge on any atom is -0.399 e. The number of carbonyl (C=O) groups excluding carboxylic acids is 1. The van der Waals surface area contributed by atoms with Crippen LogP contribution in [0.2, 0.25) is 0 Å². The fourth-order valence-corrected chi connectivity index (χ4v) is 5.09. The zero-order valence-electron chi connectivity index (χ0n) is 20.9. The van der Waals surface area contributed by atoms with Crippen LogP contribution in [0, 0.1) is 0 Å². The van der Waals surface area contributed by atoms with Crippen molar-refractivity contribution in [1.29, 1.82) is 0 Å². The molecule has 0 atom stereocenters. The Bertz CT molecular complexity index is 1130. The highest BCUT2D eigenvalue weighted by Crippen LogP contribution is 2.37. The number of sulfonamides is 1. The van der Waals surface area contributed by atoms with Gasteiger partial charge in [-0.25, -0.2) is 17.9 Å². The predicted molar refractivity (Wildman–Crippen MR) is 135 cm³/mol.